The van der Waals surface area contributed by atoms with Crippen molar-refractivity contribution in [2.75, 3.05) is 0 Å². The van der Waals surface area contributed by atoms with Crippen LogP contribution in [0.4, 0.5) is 0 Å². The van der Waals surface area contributed by atoms with E-state index in [0.717, 1.165) is 61.1 Å². The molecule has 0 amide bonds. The Kier molecular flexibility index (Phi) is 8.13. The topological polar surface area (TPSA) is 43.6 Å². The highest BCUT2D eigenvalue weighted by Gasteiger charge is 2.21. The number of hydrogen-bond donors (Lipinski definition) is 0. The third-order valence-corrected chi connectivity index (χ3v) is 12.0. The molecule has 0 spiro atoms. The molecule has 0 saturated carbocycles. The molecule has 0 saturated heterocycles. The molecule has 4 heteroatoms. The van der Waals surface area contributed by atoms with Crippen molar-refractivity contribution in [3.8, 4) is 62.1 Å². The summed E-state index contributed by atoms with van der Waals surface area (Å²) in [5.41, 5.74) is 10.6. The summed E-state index contributed by atoms with van der Waals surface area (Å²) >= 11 is 0. The molecule has 2 aromatic heterocycles. The molecule has 0 aliphatic heterocycles. The van der Waals surface area contributed by atoms with Crippen molar-refractivity contribution in [3.05, 3.63) is 218 Å². The summed E-state index contributed by atoms with van der Waals surface area (Å²) in [6.07, 6.45) is 0. The zero-order valence-electron chi connectivity index (χ0n) is 33.1. The second-order valence-electron chi connectivity index (χ2n) is 15.5. The lowest BCUT2D eigenvalue weighted by Crippen LogP contribution is -2.02. The molecule has 0 N–H and O–H groups in total. The highest BCUT2D eigenvalue weighted by molar-refractivity contribution is 6.21. The number of aromatic nitrogens is 4. The van der Waals surface area contributed by atoms with Gasteiger partial charge in [0.05, 0.1) is 11.0 Å². The van der Waals surface area contributed by atoms with Crippen LogP contribution in [0.3, 0.4) is 0 Å². The predicted molar refractivity (Wildman–Crippen MR) is 254 cm³/mol. The van der Waals surface area contributed by atoms with E-state index in [1.807, 2.05) is 6.07 Å². The van der Waals surface area contributed by atoms with Gasteiger partial charge in [-0.15, -0.1) is 0 Å². The predicted octanol–water partition coefficient (Wildman–Crippen LogP) is 14.8. The summed E-state index contributed by atoms with van der Waals surface area (Å²) < 4.78 is 2.34. The van der Waals surface area contributed by atoms with Crippen molar-refractivity contribution in [1.29, 1.82) is 0 Å². The minimum atomic E-state index is 0.616. The van der Waals surface area contributed by atoms with Crippen molar-refractivity contribution in [1.82, 2.24) is 19.5 Å². The van der Waals surface area contributed by atoms with Crippen LogP contribution in [0.2, 0.25) is 0 Å². The zero-order valence-corrected chi connectivity index (χ0v) is 33.1. The fraction of sp³-hybridized carbons (Fsp3) is 0. The first-order chi connectivity index (χ1) is 30.3. The second-order valence-corrected chi connectivity index (χ2v) is 15.5. The third kappa shape index (κ3) is 5.80. The van der Waals surface area contributed by atoms with Gasteiger partial charge in [0.25, 0.3) is 0 Å². The Bertz CT molecular complexity index is 3650. The van der Waals surface area contributed by atoms with Crippen LogP contribution < -0.4 is 0 Å². The van der Waals surface area contributed by atoms with Gasteiger partial charge in [-0.25, -0.2) is 15.0 Å². The molecular weight excluding hydrogens is 741 g/mol. The van der Waals surface area contributed by atoms with Gasteiger partial charge in [-0.05, 0) is 97.0 Å². The minimum absolute atomic E-state index is 0.616. The number of nitrogens with zero attached hydrogens (tertiary/aromatic N) is 4. The first-order valence-electron chi connectivity index (χ1n) is 20.7. The van der Waals surface area contributed by atoms with Gasteiger partial charge in [-0.2, -0.15) is 0 Å². The normalized spacial score (nSPS) is 11.6. The van der Waals surface area contributed by atoms with E-state index in [4.69, 9.17) is 15.0 Å². The number of rotatable bonds is 6. The van der Waals surface area contributed by atoms with Crippen molar-refractivity contribution < 1.29 is 0 Å². The van der Waals surface area contributed by atoms with E-state index >= 15 is 0 Å². The number of benzene rings is 10. The van der Waals surface area contributed by atoms with Gasteiger partial charge < -0.3 is 4.57 Å². The van der Waals surface area contributed by atoms with Crippen molar-refractivity contribution in [3.63, 3.8) is 0 Å². The van der Waals surface area contributed by atoms with Gasteiger partial charge in [0, 0.05) is 33.2 Å². The molecule has 0 aliphatic carbocycles. The Balaban J connectivity index is 1.13. The monoisotopic (exact) mass is 776 g/mol. The van der Waals surface area contributed by atoms with Crippen LogP contribution in [0.25, 0.3) is 116 Å². The number of para-hydroxylation sites is 2. The molecule has 12 aromatic rings. The van der Waals surface area contributed by atoms with Crippen molar-refractivity contribution in [2.24, 2.45) is 0 Å². The van der Waals surface area contributed by atoms with E-state index in [-0.39, 0.29) is 0 Å². The summed E-state index contributed by atoms with van der Waals surface area (Å²) in [7, 11) is 0. The van der Waals surface area contributed by atoms with Crippen molar-refractivity contribution >= 4 is 54.1 Å². The fourth-order valence-corrected chi connectivity index (χ4v) is 9.27. The molecule has 0 atom stereocenters. The molecular formula is C57H36N4. The molecule has 10 aromatic carbocycles. The van der Waals surface area contributed by atoms with E-state index in [1.54, 1.807) is 0 Å². The standard InChI is InChI=1S/C57H36N4/c1-3-17-37(18-4-1)42-23-11-13-28-48(42)56-58-55(40-32-34-53-51(36-40)45-26-15-16-30-52(45)61(53)41-21-5-2-6-22-41)59-57(60-56)49-29-14-12-27-46(49)54-44-25-10-8-20-39(44)35-50-43-24-9-7-19-38(43)31-33-47(50)54/h1-36H. The molecule has 0 fully saturated rings. The maximum atomic E-state index is 5.42. The quantitative estimate of drug-likeness (QED) is 0.125. The van der Waals surface area contributed by atoms with Crippen molar-refractivity contribution in [2.45, 2.75) is 0 Å². The highest BCUT2D eigenvalue weighted by atomic mass is 15.0. The lowest BCUT2D eigenvalue weighted by atomic mass is 9.88. The Morgan fingerprint density at radius 1 is 0.279 bits per heavy atom. The van der Waals surface area contributed by atoms with E-state index in [0.29, 0.717) is 17.5 Å². The Morgan fingerprint density at radius 3 is 1.61 bits per heavy atom. The molecule has 2 heterocycles. The van der Waals surface area contributed by atoms with Crippen LogP contribution in [0.1, 0.15) is 0 Å². The van der Waals surface area contributed by atoms with Crippen LogP contribution >= 0.6 is 0 Å². The van der Waals surface area contributed by atoms with Crippen LogP contribution in [0.5, 0.6) is 0 Å². The number of fused-ring (bicyclic) bond motifs is 7. The maximum absolute atomic E-state index is 5.42. The molecule has 0 radical (unpaired) electrons. The lowest BCUT2D eigenvalue weighted by molar-refractivity contribution is 1.08. The first kappa shape index (κ1) is 34.8. The van der Waals surface area contributed by atoms with Gasteiger partial charge >= 0.3 is 0 Å². The van der Waals surface area contributed by atoms with E-state index in [2.05, 4.69) is 217 Å². The van der Waals surface area contributed by atoms with Gasteiger partial charge in [0.15, 0.2) is 17.5 Å². The molecule has 0 bridgehead atoms. The largest absolute Gasteiger partial charge is 0.309 e. The van der Waals surface area contributed by atoms with Crippen LogP contribution in [0, 0.1) is 0 Å². The SMILES string of the molecule is c1ccc(-c2ccccc2-c2nc(-c3ccc4c(c3)c3ccccc3n4-c3ccccc3)nc(-c3ccccc3-c3c4ccccc4cc4c3ccc3ccccc34)n2)cc1. The van der Waals surface area contributed by atoms with Gasteiger partial charge in [-0.3, -0.25) is 0 Å². The van der Waals surface area contributed by atoms with Crippen LogP contribution in [0.15, 0.2) is 218 Å². The summed E-state index contributed by atoms with van der Waals surface area (Å²) in [5.74, 6) is 1.85. The van der Waals surface area contributed by atoms with E-state index in [9.17, 15) is 0 Å². The Hall–Kier alpha value is -8.21. The second kappa shape index (κ2) is 14.3. The summed E-state index contributed by atoms with van der Waals surface area (Å²) in [4.78, 5) is 16.2. The molecule has 61 heavy (non-hydrogen) atoms. The van der Waals surface area contributed by atoms with Gasteiger partial charge in [0.1, 0.15) is 0 Å². The number of hydrogen-bond acceptors (Lipinski definition) is 3. The molecule has 0 unspecified atom stereocenters. The van der Waals surface area contributed by atoms with Gasteiger partial charge in [0.2, 0.25) is 0 Å². The lowest BCUT2D eigenvalue weighted by Gasteiger charge is -2.17. The molecule has 0 aliphatic rings. The zero-order chi connectivity index (χ0) is 40.3. The molecule has 4 nitrogen and oxygen atoms in total. The third-order valence-electron chi connectivity index (χ3n) is 12.0. The van der Waals surface area contributed by atoms with E-state index in [1.165, 1.54) is 37.7 Å². The maximum Gasteiger partial charge on any atom is 0.164 e. The Labute approximate surface area is 352 Å². The minimum Gasteiger partial charge on any atom is -0.309 e. The molecule has 284 valence electrons. The van der Waals surface area contributed by atoms with Gasteiger partial charge in [-0.1, -0.05) is 176 Å². The fourth-order valence-electron chi connectivity index (χ4n) is 9.27. The average molecular weight is 777 g/mol. The Morgan fingerprint density at radius 2 is 0.836 bits per heavy atom. The first-order valence-corrected chi connectivity index (χ1v) is 20.7. The van der Waals surface area contributed by atoms with Crippen LogP contribution in [-0.2, 0) is 0 Å². The highest BCUT2D eigenvalue weighted by Crippen LogP contribution is 2.43. The summed E-state index contributed by atoms with van der Waals surface area (Å²) in [6.45, 7) is 0. The van der Waals surface area contributed by atoms with Crippen LogP contribution in [-0.4, -0.2) is 19.5 Å². The summed E-state index contributed by atoms with van der Waals surface area (Å²) in [6, 6.07) is 77.5. The molecule has 12 rings (SSSR count). The smallest absolute Gasteiger partial charge is 0.164 e. The van der Waals surface area contributed by atoms with E-state index < -0.39 is 0 Å². The average Bonchev–Trinajstić information content (AvgIpc) is 3.67. The summed E-state index contributed by atoms with van der Waals surface area (Å²) in [5, 5.41) is 9.54.